The summed E-state index contributed by atoms with van der Waals surface area (Å²) in [6, 6.07) is 0.782. The van der Waals surface area contributed by atoms with Crippen LogP contribution in [0.3, 0.4) is 0 Å². The van der Waals surface area contributed by atoms with Gasteiger partial charge >= 0.3 is 0 Å². The lowest BCUT2D eigenvalue weighted by Crippen LogP contribution is -2.26. The highest BCUT2D eigenvalue weighted by Crippen LogP contribution is 2.28. The molecule has 2 fully saturated rings. The van der Waals surface area contributed by atoms with Crippen molar-refractivity contribution >= 4 is 11.3 Å². The second-order valence-electron chi connectivity index (χ2n) is 4.86. The Hall–Kier alpha value is -0.450. The molecular weight excluding hydrogens is 218 g/mol. The first-order valence-corrected chi connectivity index (χ1v) is 7.18. The van der Waals surface area contributed by atoms with E-state index in [4.69, 9.17) is 4.98 Å². The van der Waals surface area contributed by atoms with Gasteiger partial charge in [-0.2, -0.15) is 0 Å². The van der Waals surface area contributed by atoms with E-state index >= 15 is 0 Å². The maximum absolute atomic E-state index is 4.76. The Morgan fingerprint density at radius 2 is 2.12 bits per heavy atom. The van der Waals surface area contributed by atoms with E-state index in [9.17, 15) is 0 Å². The van der Waals surface area contributed by atoms with Crippen LogP contribution in [0, 0.1) is 0 Å². The fraction of sp³-hybridized carbons (Fsp3) is 0.750. The fourth-order valence-electron chi connectivity index (χ4n) is 2.20. The molecule has 1 saturated heterocycles. The van der Waals surface area contributed by atoms with E-state index in [1.54, 1.807) is 0 Å². The minimum Gasteiger partial charge on any atom is -0.317 e. The lowest BCUT2D eigenvalue weighted by atomic mass is 9.99. The van der Waals surface area contributed by atoms with Crippen LogP contribution >= 0.6 is 11.3 Å². The Kier molecular flexibility index (Phi) is 3.22. The van der Waals surface area contributed by atoms with Crippen molar-refractivity contribution in [2.75, 3.05) is 13.1 Å². The Morgan fingerprint density at radius 3 is 2.88 bits per heavy atom. The maximum Gasteiger partial charge on any atom is 0.0960 e. The van der Waals surface area contributed by atoms with Crippen molar-refractivity contribution in [3.63, 3.8) is 0 Å². The van der Waals surface area contributed by atoms with E-state index < -0.39 is 0 Å². The van der Waals surface area contributed by atoms with Gasteiger partial charge < -0.3 is 10.6 Å². The van der Waals surface area contributed by atoms with Gasteiger partial charge in [0, 0.05) is 23.9 Å². The van der Waals surface area contributed by atoms with E-state index in [1.165, 1.54) is 36.4 Å². The summed E-state index contributed by atoms with van der Waals surface area (Å²) in [5.74, 6) is 0.709. The van der Waals surface area contributed by atoms with Gasteiger partial charge in [-0.1, -0.05) is 0 Å². The molecule has 0 aromatic carbocycles. The molecule has 88 valence electrons. The number of hydrogen-bond acceptors (Lipinski definition) is 4. The van der Waals surface area contributed by atoms with Crippen LogP contribution in [-0.2, 0) is 6.54 Å². The number of hydrogen-bond donors (Lipinski definition) is 2. The van der Waals surface area contributed by atoms with Gasteiger partial charge in [-0.15, -0.1) is 11.3 Å². The molecule has 1 aliphatic heterocycles. The Labute approximate surface area is 101 Å². The van der Waals surface area contributed by atoms with E-state index in [1.807, 2.05) is 11.3 Å². The summed E-state index contributed by atoms with van der Waals surface area (Å²) in [6.07, 6.45) is 5.21. The molecule has 1 aromatic rings. The number of piperidine rings is 1. The highest BCUT2D eigenvalue weighted by molar-refractivity contribution is 7.09. The molecule has 0 atom stereocenters. The summed E-state index contributed by atoms with van der Waals surface area (Å²) in [7, 11) is 0. The zero-order valence-electron chi connectivity index (χ0n) is 9.54. The summed E-state index contributed by atoms with van der Waals surface area (Å²) in [5, 5.41) is 10.5. The number of thiazole rings is 1. The van der Waals surface area contributed by atoms with Gasteiger partial charge in [0.1, 0.15) is 0 Å². The average molecular weight is 237 g/mol. The lowest BCUT2D eigenvalue weighted by Gasteiger charge is -2.20. The molecular formula is C12H19N3S. The predicted molar refractivity (Wildman–Crippen MR) is 66.8 cm³/mol. The van der Waals surface area contributed by atoms with Crippen LogP contribution in [0.2, 0.25) is 0 Å². The summed E-state index contributed by atoms with van der Waals surface area (Å²) in [6.45, 7) is 3.27. The summed E-state index contributed by atoms with van der Waals surface area (Å²) >= 11 is 1.85. The van der Waals surface area contributed by atoms with Crippen molar-refractivity contribution in [1.29, 1.82) is 0 Å². The lowest BCUT2D eigenvalue weighted by molar-refractivity contribution is 0.458. The standard InChI is InChI=1S/C12H19N3S/c1-2-10(1)14-7-11-8-16-12(15-11)9-3-5-13-6-4-9/h8-10,13-14H,1-7H2. The van der Waals surface area contributed by atoms with Crippen molar-refractivity contribution < 1.29 is 0 Å². The molecule has 0 unspecified atom stereocenters. The molecule has 1 aliphatic carbocycles. The van der Waals surface area contributed by atoms with Crippen molar-refractivity contribution in [2.24, 2.45) is 0 Å². The Bertz CT molecular complexity index is 340. The molecule has 1 aromatic heterocycles. The van der Waals surface area contributed by atoms with Gasteiger partial charge in [-0.05, 0) is 38.8 Å². The van der Waals surface area contributed by atoms with Gasteiger partial charge in [0.15, 0.2) is 0 Å². The summed E-state index contributed by atoms with van der Waals surface area (Å²) in [5.41, 5.74) is 1.24. The number of nitrogens with zero attached hydrogens (tertiary/aromatic N) is 1. The summed E-state index contributed by atoms with van der Waals surface area (Å²) < 4.78 is 0. The first-order valence-electron chi connectivity index (χ1n) is 6.30. The molecule has 1 saturated carbocycles. The van der Waals surface area contributed by atoms with Crippen molar-refractivity contribution in [2.45, 2.75) is 44.2 Å². The van der Waals surface area contributed by atoms with E-state index in [2.05, 4.69) is 16.0 Å². The molecule has 0 amide bonds. The second-order valence-corrected chi connectivity index (χ2v) is 5.75. The summed E-state index contributed by atoms with van der Waals surface area (Å²) in [4.78, 5) is 4.76. The molecule has 2 heterocycles. The van der Waals surface area contributed by atoms with Gasteiger partial charge in [0.2, 0.25) is 0 Å². The zero-order chi connectivity index (χ0) is 10.8. The SMILES string of the molecule is c1sc(C2CCNCC2)nc1CNC1CC1. The molecule has 2 N–H and O–H groups in total. The molecule has 0 radical (unpaired) electrons. The monoisotopic (exact) mass is 237 g/mol. The van der Waals surface area contributed by atoms with Crippen molar-refractivity contribution in [1.82, 2.24) is 15.6 Å². The van der Waals surface area contributed by atoms with Crippen LogP contribution in [-0.4, -0.2) is 24.1 Å². The molecule has 16 heavy (non-hydrogen) atoms. The minimum absolute atomic E-state index is 0.709. The smallest absolute Gasteiger partial charge is 0.0960 e. The van der Waals surface area contributed by atoms with Crippen LogP contribution in [0.1, 0.15) is 42.3 Å². The Balaban J connectivity index is 1.57. The highest BCUT2D eigenvalue weighted by atomic mass is 32.1. The van der Waals surface area contributed by atoms with Gasteiger partial charge in [-0.3, -0.25) is 0 Å². The quantitative estimate of drug-likeness (QED) is 0.839. The third-order valence-corrected chi connectivity index (χ3v) is 4.46. The third kappa shape index (κ3) is 2.62. The third-order valence-electron chi connectivity index (χ3n) is 3.41. The molecule has 0 spiro atoms. The van der Waals surface area contributed by atoms with Crippen LogP contribution < -0.4 is 10.6 Å². The van der Waals surface area contributed by atoms with Crippen LogP contribution in [0.15, 0.2) is 5.38 Å². The molecule has 2 aliphatic rings. The zero-order valence-corrected chi connectivity index (χ0v) is 10.4. The minimum atomic E-state index is 0.709. The maximum atomic E-state index is 4.76. The molecule has 3 nitrogen and oxygen atoms in total. The fourth-order valence-corrected chi connectivity index (χ4v) is 3.19. The largest absolute Gasteiger partial charge is 0.317 e. The van der Waals surface area contributed by atoms with Crippen LogP contribution in [0.25, 0.3) is 0 Å². The predicted octanol–water partition coefficient (Wildman–Crippen LogP) is 1.86. The molecule has 0 bridgehead atoms. The van der Waals surface area contributed by atoms with Gasteiger partial charge in [0.05, 0.1) is 10.7 Å². The Morgan fingerprint density at radius 1 is 1.31 bits per heavy atom. The van der Waals surface area contributed by atoms with Crippen molar-refractivity contribution in [3.05, 3.63) is 16.1 Å². The van der Waals surface area contributed by atoms with Crippen molar-refractivity contribution in [3.8, 4) is 0 Å². The van der Waals surface area contributed by atoms with Crippen LogP contribution in [0.4, 0.5) is 0 Å². The average Bonchev–Trinajstić information content (AvgIpc) is 3.05. The normalized spacial score (nSPS) is 22.5. The van der Waals surface area contributed by atoms with E-state index in [0.29, 0.717) is 5.92 Å². The number of nitrogens with one attached hydrogen (secondary N) is 2. The first-order chi connectivity index (χ1) is 7.92. The second kappa shape index (κ2) is 4.82. The number of rotatable bonds is 4. The van der Waals surface area contributed by atoms with E-state index in [-0.39, 0.29) is 0 Å². The van der Waals surface area contributed by atoms with E-state index in [0.717, 1.165) is 25.7 Å². The van der Waals surface area contributed by atoms with Crippen LogP contribution in [0.5, 0.6) is 0 Å². The molecule has 4 heteroatoms. The topological polar surface area (TPSA) is 37.0 Å². The highest BCUT2D eigenvalue weighted by Gasteiger charge is 2.21. The number of aromatic nitrogens is 1. The molecule has 3 rings (SSSR count). The van der Waals surface area contributed by atoms with Gasteiger partial charge in [-0.25, -0.2) is 4.98 Å². The first kappa shape index (κ1) is 10.7. The van der Waals surface area contributed by atoms with Gasteiger partial charge in [0.25, 0.3) is 0 Å².